The van der Waals surface area contributed by atoms with Gasteiger partial charge in [0.25, 0.3) is 0 Å². The van der Waals surface area contributed by atoms with E-state index >= 15 is 0 Å². The van der Waals surface area contributed by atoms with Crippen molar-refractivity contribution in [2.45, 2.75) is 13.0 Å². The Hall–Kier alpha value is -1.16. The topological polar surface area (TPSA) is 12.0 Å². The minimum atomic E-state index is -0.514. The zero-order valence-electron chi connectivity index (χ0n) is 10.8. The van der Waals surface area contributed by atoms with Crippen LogP contribution in [0.3, 0.4) is 0 Å². The van der Waals surface area contributed by atoms with Crippen LogP contribution in [0.5, 0.6) is 0 Å². The molecule has 0 aliphatic heterocycles. The summed E-state index contributed by atoms with van der Waals surface area (Å²) in [7, 11) is 0. The van der Waals surface area contributed by atoms with Gasteiger partial charge in [-0.25, -0.2) is 8.78 Å². The van der Waals surface area contributed by atoms with Crippen LogP contribution in [0, 0.1) is 11.6 Å². The lowest BCUT2D eigenvalue weighted by molar-refractivity contribution is 0.593. The van der Waals surface area contributed by atoms with Crippen molar-refractivity contribution in [2.75, 3.05) is 6.54 Å². The van der Waals surface area contributed by atoms with Crippen LogP contribution in [0.2, 0.25) is 10.0 Å². The van der Waals surface area contributed by atoms with Crippen molar-refractivity contribution in [3.63, 3.8) is 0 Å². The Labute approximate surface area is 126 Å². The van der Waals surface area contributed by atoms with Gasteiger partial charge in [0.1, 0.15) is 11.6 Å². The second-order valence-corrected chi connectivity index (χ2v) is 5.14. The highest BCUT2D eigenvalue weighted by Crippen LogP contribution is 2.30. The summed E-state index contributed by atoms with van der Waals surface area (Å²) in [6, 6.07) is 8.23. The fourth-order valence-electron chi connectivity index (χ4n) is 2.04. The zero-order valence-corrected chi connectivity index (χ0v) is 12.3. The second-order valence-electron chi connectivity index (χ2n) is 4.33. The summed E-state index contributed by atoms with van der Waals surface area (Å²) in [5.74, 6) is -0.902. The second kappa shape index (κ2) is 6.53. The Kier molecular flexibility index (Phi) is 4.97. The molecule has 0 saturated carbocycles. The molecule has 2 aromatic carbocycles. The number of hydrogen-bond donors (Lipinski definition) is 1. The monoisotopic (exact) mass is 315 g/mol. The van der Waals surface area contributed by atoms with E-state index < -0.39 is 11.9 Å². The number of halogens is 4. The Bertz CT molecular complexity index is 617. The van der Waals surface area contributed by atoms with Crippen molar-refractivity contribution < 1.29 is 8.78 Å². The molecule has 0 aromatic heterocycles. The molecule has 0 bridgehead atoms. The normalized spacial score (nSPS) is 12.4. The molecule has 1 N–H and O–H groups in total. The smallest absolute Gasteiger partial charge is 0.142 e. The fourth-order valence-corrected chi connectivity index (χ4v) is 2.38. The summed E-state index contributed by atoms with van der Waals surface area (Å²) in [6.45, 7) is 2.54. The van der Waals surface area contributed by atoms with Crippen molar-refractivity contribution in [3.05, 3.63) is 69.2 Å². The van der Waals surface area contributed by atoms with E-state index in [1.165, 1.54) is 30.3 Å². The zero-order chi connectivity index (χ0) is 14.7. The standard InChI is InChI=1S/C15H13Cl2F2N/c1-2-20-15(9-3-5-13(17)14(19)7-9)11-8-10(18)4-6-12(11)16/h3-8,15,20H,2H2,1H3. The minimum absolute atomic E-state index is 0.0503. The highest BCUT2D eigenvalue weighted by Gasteiger charge is 2.18. The molecule has 20 heavy (non-hydrogen) atoms. The summed E-state index contributed by atoms with van der Waals surface area (Å²) in [5, 5.41) is 3.64. The molecule has 2 aromatic rings. The molecule has 0 amide bonds. The number of nitrogens with one attached hydrogen (secondary N) is 1. The molecule has 1 atom stereocenters. The Morgan fingerprint density at radius 1 is 1.05 bits per heavy atom. The third-order valence-electron chi connectivity index (χ3n) is 2.95. The van der Waals surface area contributed by atoms with Crippen molar-refractivity contribution in [3.8, 4) is 0 Å². The summed E-state index contributed by atoms with van der Waals surface area (Å²) in [4.78, 5) is 0. The predicted octanol–water partition coefficient (Wildman–Crippen LogP) is 4.97. The van der Waals surface area contributed by atoms with Crippen LogP contribution in [-0.2, 0) is 0 Å². The van der Waals surface area contributed by atoms with Crippen molar-refractivity contribution in [2.24, 2.45) is 0 Å². The first-order valence-electron chi connectivity index (χ1n) is 6.16. The van der Waals surface area contributed by atoms with E-state index in [1.54, 1.807) is 6.07 Å². The molecule has 1 unspecified atom stereocenters. The van der Waals surface area contributed by atoms with Gasteiger partial charge in [-0.2, -0.15) is 0 Å². The van der Waals surface area contributed by atoms with Crippen LogP contribution in [0.15, 0.2) is 36.4 Å². The van der Waals surface area contributed by atoms with Gasteiger partial charge in [0, 0.05) is 5.02 Å². The lowest BCUT2D eigenvalue weighted by Gasteiger charge is -2.20. The molecule has 1 nitrogen and oxygen atoms in total. The van der Waals surface area contributed by atoms with E-state index in [9.17, 15) is 8.78 Å². The molecule has 0 spiro atoms. The van der Waals surface area contributed by atoms with Gasteiger partial charge in [-0.1, -0.05) is 36.2 Å². The van der Waals surface area contributed by atoms with Crippen LogP contribution in [0.25, 0.3) is 0 Å². The summed E-state index contributed by atoms with van der Waals surface area (Å²) < 4.78 is 27.0. The van der Waals surface area contributed by atoms with E-state index in [0.717, 1.165) is 0 Å². The molecular weight excluding hydrogens is 303 g/mol. The van der Waals surface area contributed by atoms with Gasteiger partial charge in [-0.3, -0.25) is 0 Å². The van der Waals surface area contributed by atoms with Gasteiger partial charge in [-0.15, -0.1) is 0 Å². The summed E-state index contributed by atoms with van der Waals surface area (Å²) >= 11 is 11.8. The lowest BCUT2D eigenvalue weighted by Crippen LogP contribution is -2.22. The third kappa shape index (κ3) is 3.29. The van der Waals surface area contributed by atoms with E-state index in [4.69, 9.17) is 23.2 Å². The van der Waals surface area contributed by atoms with E-state index in [2.05, 4.69) is 5.32 Å². The first-order chi connectivity index (χ1) is 9.52. The number of hydrogen-bond acceptors (Lipinski definition) is 1. The number of benzene rings is 2. The maximum atomic E-state index is 13.6. The molecule has 0 aliphatic rings. The van der Waals surface area contributed by atoms with Crippen molar-refractivity contribution in [1.82, 2.24) is 5.32 Å². The van der Waals surface area contributed by atoms with Gasteiger partial charge in [0.15, 0.2) is 0 Å². The highest BCUT2D eigenvalue weighted by molar-refractivity contribution is 6.31. The molecule has 0 aliphatic carbocycles. The lowest BCUT2D eigenvalue weighted by atomic mass is 9.98. The average Bonchev–Trinajstić information content (AvgIpc) is 2.42. The average molecular weight is 316 g/mol. The van der Waals surface area contributed by atoms with Gasteiger partial charge in [0.2, 0.25) is 0 Å². The van der Waals surface area contributed by atoms with Gasteiger partial charge in [0.05, 0.1) is 11.1 Å². The van der Waals surface area contributed by atoms with Crippen molar-refractivity contribution >= 4 is 23.2 Å². The van der Waals surface area contributed by atoms with Gasteiger partial charge < -0.3 is 5.32 Å². The fraction of sp³-hybridized carbons (Fsp3) is 0.200. The van der Waals surface area contributed by atoms with Crippen LogP contribution in [0.1, 0.15) is 24.1 Å². The molecule has 106 valence electrons. The van der Waals surface area contributed by atoms with E-state index in [1.807, 2.05) is 6.92 Å². The largest absolute Gasteiger partial charge is 0.306 e. The first-order valence-corrected chi connectivity index (χ1v) is 6.91. The summed E-state index contributed by atoms with van der Waals surface area (Å²) in [5.41, 5.74) is 1.21. The van der Waals surface area contributed by atoms with Crippen LogP contribution in [-0.4, -0.2) is 6.54 Å². The Morgan fingerprint density at radius 2 is 1.75 bits per heavy atom. The van der Waals surface area contributed by atoms with E-state index in [0.29, 0.717) is 22.7 Å². The SMILES string of the molecule is CCNC(c1ccc(Cl)c(F)c1)c1cc(F)ccc1Cl. The van der Waals surface area contributed by atoms with Crippen molar-refractivity contribution in [1.29, 1.82) is 0 Å². The minimum Gasteiger partial charge on any atom is -0.306 e. The van der Waals surface area contributed by atoms with Gasteiger partial charge >= 0.3 is 0 Å². The maximum Gasteiger partial charge on any atom is 0.142 e. The Morgan fingerprint density at radius 3 is 2.40 bits per heavy atom. The third-order valence-corrected chi connectivity index (χ3v) is 3.61. The molecular formula is C15H13Cl2F2N. The van der Waals surface area contributed by atoms with Crippen LogP contribution < -0.4 is 5.32 Å². The summed E-state index contributed by atoms with van der Waals surface area (Å²) in [6.07, 6.45) is 0. The van der Waals surface area contributed by atoms with E-state index in [-0.39, 0.29) is 10.8 Å². The number of rotatable bonds is 4. The molecule has 5 heteroatoms. The Balaban J connectivity index is 2.49. The molecule has 0 radical (unpaired) electrons. The first kappa shape index (κ1) is 15.2. The molecule has 0 heterocycles. The molecule has 0 saturated heterocycles. The highest BCUT2D eigenvalue weighted by atomic mass is 35.5. The quantitative estimate of drug-likeness (QED) is 0.840. The van der Waals surface area contributed by atoms with Crippen LogP contribution in [0.4, 0.5) is 8.78 Å². The molecule has 2 rings (SSSR count). The van der Waals surface area contributed by atoms with Gasteiger partial charge in [-0.05, 0) is 48.0 Å². The predicted molar refractivity (Wildman–Crippen MR) is 78.3 cm³/mol. The molecule has 0 fully saturated rings. The van der Waals surface area contributed by atoms with Crippen LogP contribution >= 0.6 is 23.2 Å². The maximum absolute atomic E-state index is 13.6.